The van der Waals surface area contributed by atoms with Crippen LogP contribution in [0, 0.1) is 10.1 Å². The summed E-state index contributed by atoms with van der Waals surface area (Å²) in [5.74, 6) is -0.0348. The minimum atomic E-state index is -3.91. The zero-order valence-corrected chi connectivity index (χ0v) is 15.8. The molecule has 1 N–H and O–H groups in total. The highest BCUT2D eigenvalue weighted by Gasteiger charge is 2.36. The molecule has 2 aliphatic rings. The molecule has 0 bridgehead atoms. The Kier molecular flexibility index (Phi) is 5.63. The summed E-state index contributed by atoms with van der Waals surface area (Å²) in [6.07, 6.45) is 1.36. The van der Waals surface area contributed by atoms with E-state index in [4.69, 9.17) is 4.74 Å². The zero-order valence-electron chi connectivity index (χ0n) is 15.0. The van der Waals surface area contributed by atoms with E-state index in [9.17, 15) is 23.3 Å². The Bertz CT molecular complexity index is 843. The number of methoxy groups -OCH3 is 1. The lowest BCUT2D eigenvalue weighted by Gasteiger charge is -2.40. The van der Waals surface area contributed by atoms with E-state index in [0.717, 1.165) is 12.5 Å². The number of piperidine rings is 1. The lowest BCUT2D eigenvalue weighted by molar-refractivity contribution is -0.386. The first kappa shape index (κ1) is 19.5. The van der Waals surface area contributed by atoms with Gasteiger partial charge in [-0.2, -0.15) is 4.31 Å². The standard InChI is InChI=1S/C16H22N4O6S/c1-26-15-5-4-13(9-14(15)20(22)23)27(24,25)18-7-2-3-12(11-18)19-8-6-17-10-16(19)21/h4-5,9,12,17H,2-3,6-8,10-11H2,1H3. The third-order valence-electron chi connectivity index (χ3n) is 4.91. The maximum Gasteiger partial charge on any atom is 0.312 e. The van der Waals surface area contributed by atoms with E-state index in [1.807, 2.05) is 0 Å². The third-order valence-corrected chi connectivity index (χ3v) is 6.77. The van der Waals surface area contributed by atoms with E-state index in [2.05, 4.69) is 5.32 Å². The molecule has 0 aliphatic carbocycles. The molecular weight excluding hydrogens is 376 g/mol. The van der Waals surface area contributed by atoms with Gasteiger partial charge < -0.3 is 15.0 Å². The number of amides is 1. The van der Waals surface area contributed by atoms with Crippen molar-refractivity contribution in [2.24, 2.45) is 0 Å². The summed E-state index contributed by atoms with van der Waals surface area (Å²) in [7, 11) is -2.62. The third kappa shape index (κ3) is 3.89. The van der Waals surface area contributed by atoms with Crippen LogP contribution in [0.3, 0.4) is 0 Å². The van der Waals surface area contributed by atoms with E-state index in [-0.39, 0.29) is 35.7 Å². The van der Waals surface area contributed by atoms with E-state index in [1.54, 1.807) is 4.90 Å². The second kappa shape index (κ2) is 7.79. The molecule has 2 aliphatic heterocycles. The number of carbonyl (C=O) groups is 1. The van der Waals surface area contributed by atoms with Gasteiger partial charge in [0.05, 0.1) is 23.5 Å². The molecule has 2 heterocycles. The van der Waals surface area contributed by atoms with Crippen molar-refractivity contribution in [3.05, 3.63) is 28.3 Å². The van der Waals surface area contributed by atoms with Crippen LogP contribution in [0.1, 0.15) is 12.8 Å². The van der Waals surface area contributed by atoms with Gasteiger partial charge in [-0.1, -0.05) is 0 Å². The number of nitro groups is 1. The molecule has 0 radical (unpaired) electrons. The van der Waals surface area contributed by atoms with Crippen molar-refractivity contribution >= 4 is 21.6 Å². The molecule has 0 aromatic heterocycles. The number of nitro benzene ring substituents is 1. The van der Waals surface area contributed by atoms with Crippen LogP contribution >= 0.6 is 0 Å². The van der Waals surface area contributed by atoms with Crippen LogP contribution in [-0.2, 0) is 14.8 Å². The number of piperazine rings is 1. The van der Waals surface area contributed by atoms with E-state index in [1.165, 1.54) is 23.5 Å². The summed E-state index contributed by atoms with van der Waals surface area (Å²) >= 11 is 0. The molecule has 1 aromatic carbocycles. The Hall–Kier alpha value is -2.24. The number of hydrogen-bond acceptors (Lipinski definition) is 7. The fourth-order valence-electron chi connectivity index (χ4n) is 3.52. The topological polar surface area (TPSA) is 122 Å². The summed E-state index contributed by atoms with van der Waals surface area (Å²) in [6, 6.07) is 3.43. The van der Waals surface area contributed by atoms with Crippen LogP contribution in [0.15, 0.2) is 23.1 Å². The Labute approximate surface area is 157 Å². The molecule has 2 saturated heterocycles. The van der Waals surface area contributed by atoms with Crippen molar-refractivity contribution in [1.29, 1.82) is 0 Å². The van der Waals surface area contributed by atoms with Gasteiger partial charge in [-0.05, 0) is 25.0 Å². The van der Waals surface area contributed by atoms with Crippen LogP contribution in [0.25, 0.3) is 0 Å². The predicted molar refractivity (Wildman–Crippen MR) is 96.0 cm³/mol. The molecule has 1 unspecified atom stereocenters. The fraction of sp³-hybridized carbons (Fsp3) is 0.562. The van der Waals surface area contributed by atoms with Crippen LogP contribution in [0.5, 0.6) is 5.75 Å². The van der Waals surface area contributed by atoms with E-state index in [0.29, 0.717) is 26.1 Å². The Morgan fingerprint density at radius 1 is 1.33 bits per heavy atom. The first-order valence-electron chi connectivity index (χ1n) is 8.67. The number of benzene rings is 1. The second-order valence-corrected chi connectivity index (χ2v) is 8.45. The van der Waals surface area contributed by atoms with E-state index >= 15 is 0 Å². The SMILES string of the molecule is COc1ccc(S(=O)(=O)N2CCCC(N3CCNCC3=O)C2)cc1[N+](=O)[O-]. The van der Waals surface area contributed by atoms with Crippen molar-refractivity contribution in [3.8, 4) is 5.75 Å². The number of carbonyl (C=O) groups excluding carboxylic acids is 1. The average molecular weight is 398 g/mol. The summed E-state index contributed by atoms with van der Waals surface area (Å²) in [5, 5.41) is 14.2. The Morgan fingerprint density at radius 2 is 2.11 bits per heavy atom. The van der Waals surface area contributed by atoms with Gasteiger partial charge in [0.2, 0.25) is 15.9 Å². The predicted octanol–water partition coefficient (Wildman–Crippen LogP) is 0.188. The molecule has 1 atom stereocenters. The normalized spacial score (nSPS) is 21.9. The zero-order chi connectivity index (χ0) is 19.6. The van der Waals surface area contributed by atoms with Crippen molar-refractivity contribution in [1.82, 2.24) is 14.5 Å². The molecule has 27 heavy (non-hydrogen) atoms. The fourth-order valence-corrected chi connectivity index (χ4v) is 5.06. The van der Waals surface area contributed by atoms with Crippen molar-refractivity contribution in [2.45, 2.75) is 23.8 Å². The van der Waals surface area contributed by atoms with Gasteiger partial charge in [0, 0.05) is 38.3 Å². The quantitative estimate of drug-likeness (QED) is 0.555. The highest BCUT2D eigenvalue weighted by molar-refractivity contribution is 7.89. The van der Waals surface area contributed by atoms with Gasteiger partial charge in [-0.15, -0.1) is 0 Å². The first-order chi connectivity index (χ1) is 12.8. The van der Waals surface area contributed by atoms with Gasteiger partial charge in [-0.25, -0.2) is 8.42 Å². The van der Waals surface area contributed by atoms with Gasteiger partial charge in [-0.3, -0.25) is 14.9 Å². The molecule has 2 fully saturated rings. The monoisotopic (exact) mass is 398 g/mol. The molecule has 1 aromatic rings. The second-order valence-electron chi connectivity index (χ2n) is 6.51. The number of sulfonamides is 1. The average Bonchev–Trinajstić information content (AvgIpc) is 2.67. The molecule has 11 heteroatoms. The molecule has 10 nitrogen and oxygen atoms in total. The molecular formula is C16H22N4O6S. The van der Waals surface area contributed by atoms with Crippen molar-refractivity contribution < 1.29 is 22.9 Å². The molecule has 1 amide bonds. The van der Waals surface area contributed by atoms with Crippen LogP contribution in [0.2, 0.25) is 0 Å². The Balaban J connectivity index is 1.85. The summed E-state index contributed by atoms with van der Waals surface area (Å²) in [5.41, 5.74) is -0.399. The molecule has 148 valence electrons. The number of nitrogens with zero attached hydrogens (tertiary/aromatic N) is 3. The van der Waals surface area contributed by atoms with Crippen molar-refractivity contribution in [2.75, 3.05) is 39.8 Å². The highest BCUT2D eigenvalue weighted by atomic mass is 32.2. The van der Waals surface area contributed by atoms with Crippen molar-refractivity contribution in [3.63, 3.8) is 0 Å². The van der Waals surface area contributed by atoms with Crippen LogP contribution < -0.4 is 10.1 Å². The summed E-state index contributed by atoms with van der Waals surface area (Å²) < 4.78 is 32.3. The summed E-state index contributed by atoms with van der Waals surface area (Å²) in [4.78, 5) is 24.2. The van der Waals surface area contributed by atoms with Gasteiger partial charge >= 0.3 is 5.69 Å². The molecule has 0 spiro atoms. The number of nitrogens with one attached hydrogen (secondary N) is 1. The van der Waals surface area contributed by atoms with Crippen LogP contribution in [0.4, 0.5) is 5.69 Å². The minimum Gasteiger partial charge on any atom is -0.490 e. The Morgan fingerprint density at radius 3 is 2.78 bits per heavy atom. The summed E-state index contributed by atoms with van der Waals surface area (Å²) in [6.45, 7) is 1.99. The number of hydrogen-bond donors (Lipinski definition) is 1. The van der Waals surface area contributed by atoms with Crippen LogP contribution in [-0.4, -0.2) is 74.3 Å². The van der Waals surface area contributed by atoms with Gasteiger partial charge in [0.1, 0.15) is 0 Å². The van der Waals surface area contributed by atoms with Gasteiger partial charge in [0.15, 0.2) is 5.75 Å². The number of rotatable bonds is 5. The van der Waals surface area contributed by atoms with E-state index < -0.39 is 20.6 Å². The number of ether oxygens (including phenoxy) is 1. The largest absolute Gasteiger partial charge is 0.490 e. The minimum absolute atomic E-state index is 0.00174. The molecule has 0 saturated carbocycles. The maximum absolute atomic E-state index is 13.0. The lowest BCUT2D eigenvalue weighted by atomic mass is 10.1. The first-order valence-corrected chi connectivity index (χ1v) is 10.1. The smallest absolute Gasteiger partial charge is 0.312 e. The maximum atomic E-state index is 13.0. The highest BCUT2D eigenvalue weighted by Crippen LogP contribution is 2.31. The molecule has 3 rings (SSSR count). The lowest BCUT2D eigenvalue weighted by Crippen LogP contribution is -2.57. The van der Waals surface area contributed by atoms with Gasteiger partial charge in [0.25, 0.3) is 0 Å².